The van der Waals surface area contributed by atoms with Gasteiger partial charge in [-0.15, -0.1) is 10.2 Å². The van der Waals surface area contributed by atoms with Crippen molar-refractivity contribution in [2.45, 2.75) is 5.16 Å². The number of hydrogen-bond donors (Lipinski definition) is 2. The molecule has 0 atom stereocenters. The summed E-state index contributed by atoms with van der Waals surface area (Å²) in [5.74, 6) is 6.42. The molecule has 0 fully saturated rings. The van der Waals surface area contributed by atoms with Gasteiger partial charge in [0.05, 0.1) is 16.5 Å². The normalized spacial score (nSPS) is 10.8. The lowest BCUT2D eigenvalue weighted by Crippen LogP contribution is -2.17. The second kappa shape index (κ2) is 8.95. The summed E-state index contributed by atoms with van der Waals surface area (Å²) < 4.78 is 3.72. The topological polar surface area (TPSA) is 85.8 Å². The standard InChI is InChI=1S/C16H11Br3ClN5OS/c17-8-5-10(18)14(11(19)6-8)22-13(26)7-27-16-24-23-15(25(16)21)9-3-1-2-4-12(9)20/h1-6H,7,21H2,(H,22,26). The molecular weight excluding hydrogens is 585 g/mol. The summed E-state index contributed by atoms with van der Waals surface area (Å²) in [4.78, 5) is 12.3. The molecule has 0 aliphatic rings. The first-order valence-corrected chi connectivity index (χ1v) is 11.1. The maximum absolute atomic E-state index is 12.3. The van der Waals surface area contributed by atoms with Crippen LogP contribution in [0.1, 0.15) is 0 Å². The number of nitrogens with one attached hydrogen (secondary N) is 1. The predicted molar refractivity (Wildman–Crippen MR) is 120 cm³/mol. The van der Waals surface area contributed by atoms with Crippen molar-refractivity contribution in [2.75, 3.05) is 16.9 Å². The molecule has 0 aliphatic carbocycles. The fourth-order valence-electron chi connectivity index (χ4n) is 2.17. The highest BCUT2D eigenvalue weighted by molar-refractivity contribution is 9.11. The molecule has 1 aromatic heterocycles. The average molecular weight is 597 g/mol. The lowest BCUT2D eigenvalue weighted by atomic mass is 10.2. The molecule has 0 unspecified atom stereocenters. The molecule has 27 heavy (non-hydrogen) atoms. The van der Waals surface area contributed by atoms with E-state index in [2.05, 4.69) is 63.3 Å². The maximum Gasteiger partial charge on any atom is 0.234 e. The number of amides is 1. The Hall–Kier alpha value is -1.07. The van der Waals surface area contributed by atoms with E-state index in [-0.39, 0.29) is 11.7 Å². The molecule has 3 rings (SSSR count). The molecule has 0 spiro atoms. The minimum atomic E-state index is -0.203. The number of hydrogen-bond acceptors (Lipinski definition) is 5. The summed E-state index contributed by atoms with van der Waals surface area (Å²) in [5.41, 5.74) is 1.32. The second-order valence-electron chi connectivity index (χ2n) is 5.24. The smallest absolute Gasteiger partial charge is 0.234 e. The van der Waals surface area contributed by atoms with Gasteiger partial charge in [-0.1, -0.05) is 51.4 Å². The number of carbonyl (C=O) groups is 1. The zero-order chi connectivity index (χ0) is 19.6. The highest BCUT2D eigenvalue weighted by Crippen LogP contribution is 2.34. The van der Waals surface area contributed by atoms with Crippen molar-refractivity contribution in [2.24, 2.45) is 0 Å². The summed E-state index contributed by atoms with van der Waals surface area (Å²) in [5, 5.41) is 11.9. The van der Waals surface area contributed by atoms with Crippen LogP contribution in [-0.4, -0.2) is 26.5 Å². The van der Waals surface area contributed by atoms with E-state index in [4.69, 9.17) is 17.4 Å². The lowest BCUT2D eigenvalue weighted by molar-refractivity contribution is -0.113. The zero-order valence-corrected chi connectivity index (χ0v) is 19.7. The zero-order valence-electron chi connectivity index (χ0n) is 13.4. The van der Waals surface area contributed by atoms with E-state index < -0.39 is 0 Å². The van der Waals surface area contributed by atoms with Gasteiger partial charge >= 0.3 is 0 Å². The van der Waals surface area contributed by atoms with Gasteiger partial charge in [0.2, 0.25) is 11.1 Å². The van der Waals surface area contributed by atoms with Crippen molar-refractivity contribution < 1.29 is 4.79 Å². The minimum absolute atomic E-state index is 0.118. The lowest BCUT2D eigenvalue weighted by Gasteiger charge is -2.10. The molecule has 1 amide bonds. The van der Waals surface area contributed by atoms with Gasteiger partial charge < -0.3 is 11.2 Å². The third-order valence-electron chi connectivity index (χ3n) is 3.38. The first kappa shape index (κ1) is 20.7. The second-order valence-corrected chi connectivity index (χ2v) is 9.21. The van der Waals surface area contributed by atoms with Crippen LogP contribution in [0.5, 0.6) is 0 Å². The Balaban J connectivity index is 1.69. The summed E-state index contributed by atoms with van der Waals surface area (Å²) in [7, 11) is 0. The van der Waals surface area contributed by atoms with E-state index in [0.29, 0.717) is 27.3 Å². The molecule has 1 heterocycles. The maximum atomic E-state index is 12.3. The molecule has 2 aromatic carbocycles. The van der Waals surface area contributed by atoms with Crippen LogP contribution in [0.2, 0.25) is 5.02 Å². The molecule has 0 saturated carbocycles. The van der Waals surface area contributed by atoms with Gasteiger partial charge in [0.15, 0.2) is 5.82 Å². The van der Waals surface area contributed by atoms with Crippen molar-refractivity contribution in [3.8, 4) is 11.4 Å². The first-order valence-electron chi connectivity index (χ1n) is 7.39. The fourth-order valence-corrected chi connectivity index (χ4v) is 5.50. The van der Waals surface area contributed by atoms with E-state index >= 15 is 0 Å². The molecule has 11 heteroatoms. The number of benzene rings is 2. The quantitative estimate of drug-likeness (QED) is 0.307. The summed E-state index contributed by atoms with van der Waals surface area (Å²) in [6, 6.07) is 10.9. The van der Waals surface area contributed by atoms with Crippen LogP contribution < -0.4 is 11.2 Å². The van der Waals surface area contributed by atoms with Crippen LogP contribution in [0.4, 0.5) is 5.69 Å². The monoisotopic (exact) mass is 593 g/mol. The van der Waals surface area contributed by atoms with E-state index in [1.54, 1.807) is 12.1 Å². The number of anilines is 1. The molecular formula is C16H11Br3ClN5OS. The van der Waals surface area contributed by atoms with Crippen LogP contribution in [0, 0.1) is 0 Å². The number of halogens is 4. The van der Waals surface area contributed by atoms with Gasteiger partial charge in [-0.2, -0.15) is 0 Å². The highest BCUT2D eigenvalue weighted by atomic mass is 79.9. The molecule has 3 N–H and O–H groups in total. The third-order valence-corrected chi connectivity index (χ3v) is 6.36. The van der Waals surface area contributed by atoms with Gasteiger partial charge in [-0.3, -0.25) is 4.79 Å². The fraction of sp³-hybridized carbons (Fsp3) is 0.0625. The van der Waals surface area contributed by atoms with Crippen LogP contribution in [-0.2, 0) is 4.79 Å². The van der Waals surface area contributed by atoms with Gasteiger partial charge in [-0.25, -0.2) is 4.68 Å². The molecule has 6 nitrogen and oxygen atoms in total. The number of nitrogen functional groups attached to an aromatic ring is 1. The SMILES string of the molecule is Nn1c(SCC(=O)Nc2c(Br)cc(Br)cc2Br)nnc1-c1ccccc1Cl. The van der Waals surface area contributed by atoms with Crippen LogP contribution in [0.15, 0.2) is 55.0 Å². The van der Waals surface area contributed by atoms with Crippen molar-refractivity contribution in [3.63, 3.8) is 0 Å². The number of carbonyl (C=O) groups excluding carboxylic acids is 1. The molecule has 0 radical (unpaired) electrons. The molecule has 3 aromatic rings. The van der Waals surface area contributed by atoms with E-state index in [9.17, 15) is 4.79 Å². The number of nitrogens with two attached hydrogens (primary N) is 1. The minimum Gasteiger partial charge on any atom is -0.335 e. The Morgan fingerprint density at radius 3 is 2.52 bits per heavy atom. The van der Waals surface area contributed by atoms with Crippen LogP contribution in [0.25, 0.3) is 11.4 Å². The Morgan fingerprint density at radius 1 is 1.19 bits per heavy atom. The molecule has 140 valence electrons. The molecule has 0 bridgehead atoms. The Bertz CT molecular complexity index is 990. The first-order chi connectivity index (χ1) is 12.9. The van der Waals surface area contributed by atoms with Gasteiger partial charge in [0.1, 0.15) is 0 Å². The van der Waals surface area contributed by atoms with Crippen molar-refractivity contribution in [1.29, 1.82) is 0 Å². The number of rotatable bonds is 5. The largest absolute Gasteiger partial charge is 0.335 e. The predicted octanol–water partition coefficient (Wildman–Crippen LogP) is 5.33. The van der Waals surface area contributed by atoms with Gasteiger partial charge in [-0.05, 0) is 56.1 Å². The number of nitrogens with zero attached hydrogens (tertiary/aromatic N) is 3. The summed E-state index contributed by atoms with van der Waals surface area (Å²) >= 11 is 17.6. The average Bonchev–Trinajstić information content (AvgIpc) is 2.97. The van der Waals surface area contributed by atoms with Crippen LogP contribution >= 0.6 is 71.2 Å². The summed E-state index contributed by atoms with van der Waals surface area (Å²) in [6.07, 6.45) is 0. The molecule has 0 aliphatic heterocycles. The van der Waals surface area contributed by atoms with Gasteiger partial charge in [0, 0.05) is 19.0 Å². The van der Waals surface area contributed by atoms with Crippen molar-refractivity contribution in [1.82, 2.24) is 14.9 Å². The van der Waals surface area contributed by atoms with Crippen molar-refractivity contribution in [3.05, 3.63) is 54.8 Å². The molecule has 0 saturated heterocycles. The third kappa shape index (κ3) is 4.86. The van der Waals surface area contributed by atoms with E-state index in [1.165, 1.54) is 16.4 Å². The van der Waals surface area contributed by atoms with E-state index in [1.807, 2.05) is 24.3 Å². The van der Waals surface area contributed by atoms with E-state index in [0.717, 1.165) is 13.4 Å². The number of aromatic nitrogens is 3. The Kier molecular flexibility index (Phi) is 6.85. The Morgan fingerprint density at radius 2 is 1.85 bits per heavy atom. The van der Waals surface area contributed by atoms with Crippen molar-refractivity contribution >= 4 is 82.7 Å². The Labute approximate surface area is 189 Å². The highest BCUT2D eigenvalue weighted by Gasteiger charge is 2.16. The number of thioether (sulfide) groups is 1. The summed E-state index contributed by atoms with van der Waals surface area (Å²) in [6.45, 7) is 0. The van der Waals surface area contributed by atoms with Gasteiger partial charge in [0.25, 0.3) is 0 Å². The van der Waals surface area contributed by atoms with Crippen LogP contribution in [0.3, 0.4) is 0 Å².